The maximum Gasteiger partial charge on any atom is 0.126 e. The summed E-state index contributed by atoms with van der Waals surface area (Å²) in [7, 11) is 0. The van der Waals surface area contributed by atoms with Crippen molar-refractivity contribution in [2.75, 3.05) is 18.9 Å². The first-order valence-corrected chi connectivity index (χ1v) is 5.78. The lowest BCUT2D eigenvalue weighted by molar-refractivity contribution is 0.246. The molecule has 90 valence electrons. The molecule has 1 aliphatic heterocycles. The third-order valence-electron chi connectivity index (χ3n) is 2.95. The Hall–Kier alpha value is -1.96. The molecule has 1 saturated heterocycles. The van der Waals surface area contributed by atoms with Crippen LogP contribution < -0.4 is 10.5 Å². The first-order chi connectivity index (χ1) is 8.29. The molecule has 0 radical (unpaired) electrons. The lowest BCUT2D eigenvalue weighted by atomic mass is 10.2. The number of nitrogens with zero attached hydrogens (tertiary/aromatic N) is 3. The second-order valence-corrected chi connectivity index (χ2v) is 4.11. The molecule has 5 nitrogen and oxygen atoms in total. The highest BCUT2D eigenvalue weighted by Gasteiger charge is 2.27. The molecule has 0 bridgehead atoms. The SMILES string of the molecule is [C-]#[N+]N1CCCC1CCOc1ccnc(N)c1. The van der Waals surface area contributed by atoms with Crippen LogP contribution in [0, 0.1) is 6.57 Å². The minimum atomic E-state index is 0.340. The van der Waals surface area contributed by atoms with E-state index in [0.29, 0.717) is 18.5 Å². The number of nitrogens with two attached hydrogens (primary N) is 1. The van der Waals surface area contributed by atoms with Crippen molar-refractivity contribution in [2.24, 2.45) is 0 Å². The summed E-state index contributed by atoms with van der Waals surface area (Å²) in [5, 5.41) is 1.82. The average Bonchev–Trinajstić information content (AvgIpc) is 2.77. The van der Waals surface area contributed by atoms with Crippen molar-refractivity contribution in [2.45, 2.75) is 25.3 Å². The Kier molecular flexibility index (Phi) is 3.66. The van der Waals surface area contributed by atoms with Crippen molar-refractivity contribution in [3.05, 3.63) is 29.9 Å². The van der Waals surface area contributed by atoms with Crippen LogP contribution in [0.2, 0.25) is 0 Å². The van der Waals surface area contributed by atoms with E-state index < -0.39 is 0 Å². The zero-order valence-electron chi connectivity index (χ0n) is 9.67. The van der Waals surface area contributed by atoms with Crippen molar-refractivity contribution in [1.29, 1.82) is 0 Å². The smallest absolute Gasteiger partial charge is 0.126 e. The van der Waals surface area contributed by atoms with Crippen LogP contribution in [0.1, 0.15) is 19.3 Å². The van der Waals surface area contributed by atoms with E-state index in [4.69, 9.17) is 17.0 Å². The molecule has 0 amide bonds. The Bertz CT molecular complexity index is 415. The highest BCUT2D eigenvalue weighted by molar-refractivity contribution is 5.35. The molecule has 0 aromatic carbocycles. The Morgan fingerprint density at radius 2 is 2.53 bits per heavy atom. The second-order valence-electron chi connectivity index (χ2n) is 4.11. The van der Waals surface area contributed by atoms with E-state index in [1.807, 2.05) is 5.01 Å². The summed E-state index contributed by atoms with van der Waals surface area (Å²) in [5.74, 6) is 1.20. The number of rotatable bonds is 4. The largest absolute Gasteiger partial charge is 0.493 e. The summed E-state index contributed by atoms with van der Waals surface area (Å²) in [6.45, 7) is 8.54. The summed E-state index contributed by atoms with van der Waals surface area (Å²) in [4.78, 5) is 7.41. The van der Waals surface area contributed by atoms with Gasteiger partial charge in [-0.3, -0.25) is 0 Å². The van der Waals surface area contributed by atoms with Crippen molar-refractivity contribution < 1.29 is 4.74 Å². The van der Waals surface area contributed by atoms with Gasteiger partial charge in [0.25, 0.3) is 0 Å². The normalized spacial score (nSPS) is 19.0. The lowest BCUT2D eigenvalue weighted by Gasteiger charge is -2.13. The van der Waals surface area contributed by atoms with Crippen LogP contribution in [0.4, 0.5) is 5.82 Å². The van der Waals surface area contributed by atoms with E-state index in [9.17, 15) is 0 Å². The number of hydrogen-bond donors (Lipinski definition) is 1. The van der Waals surface area contributed by atoms with Gasteiger partial charge >= 0.3 is 0 Å². The van der Waals surface area contributed by atoms with Gasteiger partial charge in [0.15, 0.2) is 0 Å². The lowest BCUT2D eigenvalue weighted by Crippen LogP contribution is -2.24. The topological polar surface area (TPSA) is 55.7 Å². The highest BCUT2D eigenvalue weighted by atomic mass is 16.5. The van der Waals surface area contributed by atoms with E-state index >= 15 is 0 Å². The van der Waals surface area contributed by atoms with Crippen molar-refractivity contribution >= 4 is 5.82 Å². The van der Waals surface area contributed by atoms with E-state index in [0.717, 1.165) is 31.6 Å². The van der Waals surface area contributed by atoms with Gasteiger partial charge < -0.3 is 10.5 Å². The second kappa shape index (κ2) is 5.39. The van der Waals surface area contributed by atoms with Crippen LogP contribution in [0.15, 0.2) is 18.3 Å². The molecule has 1 atom stereocenters. The number of pyridine rings is 1. The highest BCUT2D eigenvalue weighted by Crippen LogP contribution is 2.21. The van der Waals surface area contributed by atoms with E-state index in [1.165, 1.54) is 0 Å². The molecule has 1 aliphatic rings. The van der Waals surface area contributed by atoms with Gasteiger partial charge in [-0.15, -0.1) is 5.01 Å². The molecule has 1 unspecified atom stereocenters. The third-order valence-corrected chi connectivity index (χ3v) is 2.95. The molecule has 0 aliphatic carbocycles. The zero-order chi connectivity index (χ0) is 12.1. The number of aromatic nitrogens is 1. The Morgan fingerprint density at radius 1 is 1.65 bits per heavy atom. The number of hydrogen-bond acceptors (Lipinski definition) is 4. The summed E-state index contributed by atoms with van der Waals surface area (Å²) in [6.07, 6.45) is 4.70. The van der Waals surface area contributed by atoms with Crippen LogP contribution in [0.5, 0.6) is 5.75 Å². The van der Waals surface area contributed by atoms with Gasteiger partial charge in [0, 0.05) is 18.7 Å². The van der Waals surface area contributed by atoms with Gasteiger partial charge in [-0.05, 0) is 18.9 Å². The van der Waals surface area contributed by atoms with Crippen LogP contribution in [0.25, 0.3) is 4.95 Å². The molecule has 1 aromatic heterocycles. The minimum Gasteiger partial charge on any atom is -0.493 e. The minimum absolute atomic E-state index is 0.340. The fourth-order valence-corrected chi connectivity index (χ4v) is 2.08. The Labute approximate surface area is 101 Å². The molecular formula is C12H16N4O. The van der Waals surface area contributed by atoms with E-state index in [-0.39, 0.29) is 0 Å². The standard InChI is InChI=1S/C12H16N4O/c1-14-16-7-2-3-10(16)5-8-17-11-4-6-15-12(13)9-11/h4,6,9-10H,2-3,5,7-8H2,(H2,13,15). The molecule has 1 fully saturated rings. The summed E-state index contributed by atoms with van der Waals surface area (Å²) < 4.78 is 5.59. The molecule has 0 saturated carbocycles. The van der Waals surface area contributed by atoms with E-state index in [1.54, 1.807) is 18.3 Å². The van der Waals surface area contributed by atoms with Gasteiger partial charge in [-0.25, -0.2) is 4.98 Å². The van der Waals surface area contributed by atoms with E-state index in [2.05, 4.69) is 9.94 Å². The molecule has 2 rings (SSSR count). The molecular weight excluding hydrogens is 216 g/mol. The monoisotopic (exact) mass is 232 g/mol. The zero-order valence-corrected chi connectivity index (χ0v) is 9.67. The van der Waals surface area contributed by atoms with Gasteiger partial charge in [-0.1, -0.05) is 0 Å². The Morgan fingerprint density at radius 3 is 3.29 bits per heavy atom. The predicted octanol–water partition coefficient (Wildman–Crippen LogP) is 1.73. The molecule has 1 aromatic rings. The molecule has 2 N–H and O–H groups in total. The first-order valence-electron chi connectivity index (χ1n) is 5.78. The Balaban J connectivity index is 1.78. The van der Waals surface area contributed by atoms with Crippen LogP contribution in [-0.4, -0.2) is 29.2 Å². The molecule has 0 spiro atoms. The summed E-state index contributed by atoms with van der Waals surface area (Å²) in [5.41, 5.74) is 5.56. The maximum atomic E-state index is 7.04. The van der Waals surface area contributed by atoms with Crippen LogP contribution in [-0.2, 0) is 0 Å². The fraction of sp³-hybridized carbons (Fsp3) is 0.500. The fourth-order valence-electron chi connectivity index (χ4n) is 2.08. The maximum absolute atomic E-state index is 7.04. The first kappa shape index (κ1) is 11.5. The van der Waals surface area contributed by atoms with Crippen LogP contribution >= 0.6 is 0 Å². The predicted molar refractivity (Wildman–Crippen MR) is 65.1 cm³/mol. The summed E-state index contributed by atoms with van der Waals surface area (Å²) >= 11 is 0. The quantitative estimate of drug-likeness (QED) is 0.803. The summed E-state index contributed by atoms with van der Waals surface area (Å²) in [6, 6.07) is 3.84. The third kappa shape index (κ3) is 3.00. The van der Waals surface area contributed by atoms with Gasteiger partial charge in [-0.2, -0.15) is 11.5 Å². The van der Waals surface area contributed by atoms with Crippen LogP contribution in [0.3, 0.4) is 0 Å². The van der Waals surface area contributed by atoms with Gasteiger partial charge in [0.05, 0.1) is 13.2 Å². The number of ether oxygens (including phenoxy) is 1. The number of nitrogen functional groups attached to an aromatic ring is 1. The number of anilines is 1. The molecule has 17 heavy (non-hydrogen) atoms. The van der Waals surface area contributed by atoms with Crippen molar-refractivity contribution in [3.63, 3.8) is 0 Å². The average molecular weight is 232 g/mol. The van der Waals surface area contributed by atoms with Gasteiger partial charge in [0.2, 0.25) is 0 Å². The van der Waals surface area contributed by atoms with Gasteiger partial charge in [0.1, 0.15) is 17.6 Å². The van der Waals surface area contributed by atoms with Crippen molar-refractivity contribution in [1.82, 2.24) is 9.99 Å². The molecule has 5 heteroatoms. The molecule has 2 heterocycles. The van der Waals surface area contributed by atoms with Crippen molar-refractivity contribution in [3.8, 4) is 5.75 Å².